The lowest BCUT2D eigenvalue weighted by atomic mass is 10.0. The maximum absolute atomic E-state index is 12.4. The Kier molecular flexibility index (Phi) is 6.54. The molecule has 0 fully saturated rings. The Morgan fingerprint density at radius 2 is 1.56 bits per heavy atom. The molecule has 10 nitrogen and oxygen atoms in total. The molecule has 1 aromatic rings. The van der Waals surface area contributed by atoms with Gasteiger partial charge in [0.1, 0.15) is 6.04 Å². The first kappa shape index (κ1) is 20.0. The lowest BCUT2D eigenvalue weighted by Crippen LogP contribution is -2.46. The molecule has 10 heteroatoms. The van der Waals surface area contributed by atoms with Gasteiger partial charge in [-0.25, -0.2) is 0 Å². The fraction of sp³-hybridized carbons (Fsp3) is 0.467. The van der Waals surface area contributed by atoms with Crippen molar-refractivity contribution in [3.05, 3.63) is 44.0 Å². The molecule has 0 aliphatic rings. The number of rotatable bonds is 7. The van der Waals surface area contributed by atoms with Crippen molar-refractivity contribution in [2.45, 2.75) is 26.3 Å². The molecule has 1 N–H and O–H groups in total. The van der Waals surface area contributed by atoms with Crippen molar-refractivity contribution in [1.82, 2.24) is 10.2 Å². The molecule has 0 saturated heterocycles. The second kappa shape index (κ2) is 8.18. The van der Waals surface area contributed by atoms with E-state index in [2.05, 4.69) is 5.32 Å². The zero-order chi connectivity index (χ0) is 19.3. The number of nitro benzene ring substituents is 2. The molecule has 0 bridgehead atoms. The Bertz CT molecular complexity index is 669. The minimum absolute atomic E-state index is 0.105. The zero-order valence-corrected chi connectivity index (χ0v) is 14.4. The second-order valence-electron chi connectivity index (χ2n) is 6.14. The zero-order valence-electron chi connectivity index (χ0n) is 14.4. The highest BCUT2D eigenvalue weighted by Gasteiger charge is 2.26. The van der Waals surface area contributed by atoms with Crippen LogP contribution in [0.3, 0.4) is 0 Å². The largest absolute Gasteiger partial charge is 0.347 e. The summed E-state index contributed by atoms with van der Waals surface area (Å²) in [5, 5.41) is 24.3. The van der Waals surface area contributed by atoms with Gasteiger partial charge in [-0.05, 0) is 12.3 Å². The maximum Gasteiger partial charge on any atom is 0.277 e. The Labute approximate surface area is 144 Å². The predicted molar refractivity (Wildman–Crippen MR) is 89.2 cm³/mol. The van der Waals surface area contributed by atoms with Crippen LogP contribution in [0.2, 0.25) is 0 Å². The highest BCUT2D eigenvalue weighted by Crippen LogP contribution is 2.23. The molecule has 1 atom stereocenters. The highest BCUT2D eigenvalue weighted by atomic mass is 16.6. The Balaban J connectivity index is 3.17. The molecule has 0 heterocycles. The van der Waals surface area contributed by atoms with Crippen molar-refractivity contribution in [2.75, 3.05) is 14.1 Å². The number of hydrogen-bond donors (Lipinski definition) is 1. The summed E-state index contributed by atoms with van der Waals surface area (Å²) in [5.41, 5.74) is -1.39. The molecule has 0 saturated carbocycles. The number of hydrogen-bond acceptors (Lipinski definition) is 6. The third-order valence-corrected chi connectivity index (χ3v) is 3.34. The summed E-state index contributed by atoms with van der Waals surface area (Å²) in [6, 6.07) is 1.82. The number of carbonyl (C=O) groups is 2. The number of likely N-dealkylation sites (N-methyl/N-ethyl adjacent to an activating group) is 1. The molecular formula is C15H20N4O6. The molecule has 25 heavy (non-hydrogen) atoms. The van der Waals surface area contributed by atoms with Crippen LogP contribution in [-0.4, -0.2) is 46.7 Å². The topological polar surface area (TPSA) is 136 Å². The summed E-state index contributed by atoms with van der Waals surface area (Å²) in [5.74, 6) is -1.01. The first-order valence-electron chi connectivity index (χ1n) is 7.48. The summed E-state index contributed by atoms with van der Waals surface area (Å²) in [6.45, 7) is 3.75. The molecule has 0 aromatic heterocycles. The minimum atomic E-state index is -0.833. The van der Waals surface area contributed by atoms with Gasteiger partial charge in [0.25, 0.3) is 17.3 Å². The van der Waals surface area contributed by atoms with E-state index in [9.17, 15) is 29.8 Å². The van der Waals surface area contributed by atoms with Crippen LogP contribution in [0.4, 0.5) is 11.4 Å². The van der Waals surface area contributed by atoms with Crippen LogP contribution < -0.4 is 5.32 Å². The van der Waals surface area contributed by atoms with Crippen molar-refractivity contribution < 1.29 is 19.4 Å². The van der Waals surface area contributed by atoms with E-state index in [4.69, 9.17) is 0 Å². The van der Waals surface area contributed by atoms with Gasteiger partial charge in [0.15, 0.2) is 0 Å². The fourth-order valence-electron chi connectivity index (χ4n) is 2.18. The summed E-state index contributed by atoms with van der Waals surface area (Å²) in [4.78, 5) is 46.1. The third kappa shape index (κ3) is 5.52. The Morgan fingerprint density at radius 3 is 1.92 bits per heavy atom. The van der Waals surface area contributed by atoms with E-state index in [1.165, 1.54) is 4.90 Å². The molecule has 0 spiro atoms. The third-order valence-electron chi connectivity index (χ3n) is 3.34. The molecule has 0 aliphatic carbocycles. The van der Waals surface area contributed by atoms with Crippen LogP contribution in [0.5, 0.6) is 0 Å². The highest BCUT2D eigenvalue weighted by molar-refractivity contribution is 5.98. The Morgan fingerprint density at radius 1 is 1.08 bits per heavy atom. The normalized spacial score (nSPS) is 11.7. The lowest BCUT2D eigenvalue weighted by Gasteiger charge is -2.23. The molecule has 1 rings (SSSR count). The van der Waals surface area contributed by atoms with E-state index >= 15 is 0 Å². The molecule has 2 amide bonds. The minimum Gasteiger partial charge on any atom is -0.347 e. The van der Waals surface area contributed by atoms with Crippen molar-refractivity contribution in [2.24, 2.45) is 5.92 Å². The van der Waals surface area contributed by atoms with Gasteiger partial charge in [-0.2, -0.15) is 0 Å². The number of benzene rings is 1. The molecule has 0 radical (unpaired) electrons. The van der Waals surface area contributed by atoms with E-state index in [1.807, 2.05) is 13.8 Å². The second-order valence-corrected chi connectivity index (χ2v) is 6.14. The first-order valence-corrected chi connectivity index (χ1v) is 7.48. The maximum atomic E-state index is 12.4. The fourth-order valence-corrected chi connectivity index (χ4v) is 2.18. The predicted octanol–water partition coefficient (Wildman–Crippen LogP) is 1.74. The molecule has 1 aromatic carbocycles. The van der Waals surface area contributed by atoms with Crippen LogP contribution in [0.1, 0.15) is 30.6 Å². The summed E-state index contributed by atoms with van der Waals surface area (Å²) < 4.78 is 0. The van der Waals surface area contributed by atoms with Gasteiger partial charge in [-0.15, -0.1) is 0 Å². The van der Waals surface area contributed by atoms with Crippen molar-refractivity contribution in [3.63, 3.8) is 0 Å². The summed E-state index contributed by atoms with van der Waals surface area (Å²) >= 11 is 0. The SMILES string of the molecule is CC(C)C[C@@H](NC(=O)c1cc([N+](=O)[O-])cc([N+](=O)[O-])c1)C(=O)N(C)C. The van der Waals surface area contributed by atoms with Crippen LogP contribution >= 0.6 is 0 Å². The smallest absolute Gasteiger partial charge is 0.277 e. The lowest BCUT2D eigenvalue weighted by molar-refractivity contribution is -0.394. The quantitative estimate of drug-likeness (QED) is 0.586. The van der Waals surface area contributed by atoms with Crippen molar-refractivity contribution in [1.29, 1.82) is 0 Å². The summed E-state index contributed by atoms with van der Waals surface area (Å²) in [6.07, 6.45) is 0.361. The number of nitrogens with zero attached hydrogens (tertiary/aromatic N) is 3. The van der Waals surface area contributed by atoms with Gasteiger partial charge < -0.3 is 10.2 Å². The van der Waals surface area contributed by atoms with Crippen LogP contribution in [0, 0.1) is 26.1 Å². The van der Waals surface area contributed by atoms with Gasteiger partial charge in [0.05, 0.1) is 21.5 Å². The van der Waals surface area contributed by atoms with Gasteiger partial charge in [0, 0.05) is 26.2 Å². The van der Waals surface area contributed by atoms with Crippen molar-refractivity contribution in [3.8, 4) is 0 Å². The standard InChI is InChI=1S/C15H20N4O6/c1-9(2)5-13(15(21)17(3)4)16-14(20)10-6-11(18(22)23)8-12(7-10)19(24)25/h6-9,13H,5H2,1-4H3,(H,16,20)/t13-/m1/s1. The first-order chi connectivity index (χ1) is 11.5. The van der Waals surface area contributed by atoms with Crippen LogP contribution in [0.25, 0.3) is 0 Å². The van der Waals surface area contributed by atoms with E-state index in [0.717, 1.165) is 18.2 Å². The van der Waals surface area contributed by atoms with Crippen molar-refractivity contribution >= 4 is 23.2 Å². The van der Waals surface area contributed by atoms with Gasteiger partial charge in [0.2, 0.25) is 5.91 Å². The van der Waals surface area contributed by atoms with E-state index in [1.54, 1.807) is 14.1 Å². The van der Waals surface area contributed by atoms with E-state index in [-0.39, 0.29) is 17.4 Å². The number of nitrogens with one attached hydrogen (secondary N) is 1. The van der Waals surface area contributed by atoms with Gasteiger partial charge >= 0.3 is 0 Å². The molecule has 136 valence electrons. The van der Waals surface area contributed by atoms with Crippen LogP contribution in [0.15, 0.2) is 18.2 Å². The van der Waals surface area contributed by atoms with E-state index < -0.39 is 33.2 Å². The molecule has 0 aliphatic heterocycles. The van der Waals surface area contributed by atoms with Crippen LogP contribution in [-0.2, 0) is 4.79 Å². The van der Waals surface area contributed by atoms with Gasteiger partial charge in [-0.3, -0.25) is 29.8 Å². The number of amides is 2. The molecular weight excluding hydrogens is 332 g/mol. The van der Waals surface area contributed by atoms with Gasteiger partial charge in [-0.1, -0.05) is 13.8 Å². The molecule has 0 unspecified atom stereocenters. The summed E-state index contributed by atoms with van der Waals surface area (Å²) in [7, 11) is 3.08. The Hall–Kier alpha value is -3.04. The number of nitro groups is 2. The average Bonchev–Trinajstić information content (AvgIpc) is 2.52. The number of carbonyl (C=O) groups excluding carboxylic acids is 2. The monoisotopic (exact) mass is 352 g/mol. The van der Waals surface area contributed by atoms with E-state index in [0.29, 0.717) is 6.42 Å². The number of non-ortho nitro benzene ring substituents is 2. The average molecular weight is 352 g/mol.